The number of anilines is 1. The number of hydrogen-bond donors (Lipinski definition) is 2. The van der Waals surface area contributed by atoms with Crippen LogP contribution < -0.4 is 15.8 Å². The molecule has 0 bridgehead atoms. The van der Waals surface area contributed by atoms with E-state index in [2.05, 4.69) is 30.2 Å². The maximum atomic E-state index is 5.96. The lowest BCUT2D eigenvalue weighted by Gasteiger charge is -2.10. The van der Waals surface area contributed by atoms with E-state index in [0.29, 0.717) is 12.5 Å². The molecule has 2 aromatic carbocycles. The van der Waals surface area contributed by atoms with Crippen LogP contribution in [0, 0.1) is 13.8 Å². The van der Waals surface area contributed by atoms with Crippen molar-refractivity contribution < 1.29 is 4.74 Å². The summed E-state index contributed by atoms with van der Waals surface area (Å²) >= 11 is 0. The van der Waals surface area contributed by atoms with Gasteiger partial charge in [-0.3, -0.25) is 0 Å². The van der Waals surface area contributed by atoms with Crippen LogP contribution in [-0.2, 0) is 6.54 Å². The topological polar surface area (TPSA) is 59.6 Å². The van der Waals surface area contributed by atoms with Gasteiger partial charge >= 0.3 is 0 Å². The Balaban J connectivity index is 0.00000288. The predicted molar refractivity (Wildman–Crippen MR) is 112 cm³/mol. The van der Waals surface area contributed by atoms with Gasteiger partial charge in [0.25, 0.3) is 0 Å². The molecule has 0 atom stereocenters. The lowest BCUT2D eigenvalue weighted by Crippen LogP contribution is -2.22. The molecule has 0 spiro atoms. The molecular formula is C19H26IN3O. The fourth-order valence-electron chi connectivity index (χ4n) is 2.36. The predicted octanol–water partition coefficient (Wildman–Crippen LogP) is 4.64. The van der Waals surface area contributed by atoms with Crippen molar-refractivity contribution in [1.29, 1.82) is 0 Å². The summed E-state index contributed by atoms with van der Waals surface area (Å²) in [6.07, 6.45) is 0.177. The Morgan fingerprint density at radius 3 is 2.21 bits per heavy atom. The molecule has 5 heteroatoms. The number of nitrogens with two attached hydrogens (primary N) is 1. The standard InChI is InChI=1S/C19H25N3O.HI/c1-13(2)23-18-7-5-16(6-8-18)12-21-19(20)22-17-10-14(3)9-15(4)11-17;/h5-11,13H,12H2,1-4H3,(H3,20,21,22);1H. The van der Waals surface area contributed by atoms with E-state index >= 15 is 0 Å². The Hall–Kier alpha value is -1.76. The van der Waals surface area contributed by atoms with Crippen molar-refractivity contribution in [1.82, 2.24) is 0 Å². The number of rotatable bonds is 5. The third-order valence-electron chi connectivity index (χ3n) is 3.22. The van der Waals surface area contributed by atoms with E-state index < -0.39 is 0 Å². The third kappa shape index (κ3) is 6.78. The fraction of sp³-hybridized carbons (Fsp3) is 0.316. The SMILES string of the molecule is Cc1cc(C)cc(NC(N)=NCc2ccc(OC(C)C)cc2)c1.I. The first-order valence-corrected chi connectivity index (χ1v) is 7.83. The number of hydrogen-bond acceptors (Lipinski definition) is 2. The normalized spacial score (nSPS) is 11.1. The van der Waals surface area contributed by atoms with Gasteiger partial charge in [0.15, 0.2) is 5.96 Å². The van der Waals surface area contributed by atoms with Crippen LogP contribution in [0.5, 0.6) is 5.75 Å². The molecule has 3 N–H and O–H groups in total. The summed E-state index contributed by atoms with van der Waals surface area (Å²) in [5.74, 6) is 1.28. The first kappa shape index (κ1) is 20.3. The minimum absolute atomic E-state index is 0. The van der Waals surface area contributed by atoms with Crippen LogP contribution in [0.25, 0.3) is 0 Å². The van der Waals surface area contributed by atoms with Crippen LogP contribution in [0.15, 0.2) is 47.5 Å². The molecule has 0 amide bonds. The third-order valence-corrected chi connectivity index (χ3v) is 3.22. The first-order chi connectivity index (χ1) is 10.9. The number of benzene rings is 2. The Kier molecular flexibility index (Phi) is 8.04. The van der Waals surface area contributed by atoms with E-state index in [9.17, 15) is 0 Å². The minimum Gasteiger partial charge on any atom is -0.491 e. The summed E-state index contributed by atoms with van der Waals surface area (Å²) in [5, 5.41) is 3.13. The number of halogens is 1. The average Bonchev–Trinajstić information content (AvgIpc) is 2.45. The molecule has 0 aliphatic heterocycles. The summed E-state index contributed by atoms with van der Waals surface area (Å²) in [6, 6.07) is 14.1. The van der Waals surface area contributed by atoms with Gasteiger partial charge in [-0.1, -0.05) is 18.2 Å². The number of ether oxygens (including phenoxy) is 1. The van der Waals surface area contributed by atoms with Crippen molar-refractivity contribution >= 4 is 35.6 Å². The summed E-state index contributed by atoms with van der Waals surface area (Å²) in [7, 11) is 0. The Morgan fingerprint density at radius 1 is 1.08 bits per heavy atom. The minimum atomic E-state index is 0. The van der Waals surface area contributed by atoms with Crippen molar-refractivity contribution in [3.8, 4) is 5.75 Å². The maximum absolute atomic E-state index is 5.96. The van der Waals surface area contributed by atoms with Crippen molar-refractivity contribution in [2.75, 3.05) is 5.32 Å². The van der Waals surface area contributed by atoms with E-state index in [1.807, 2.05) is 50.2 Å². The lowest BCUT2D eigenvalue weighted by molar-refractivity contribution is 0.242. The Bertz CT molecular complexity index is 661. The highest BCUT2D eigenvalue weighted by Crippen LogP contribution is 2.15. The van der Waals surface area contributed by atoms with Crippen LogP contribution >= 0.6 is 24.0 Å². The molecule has 2 aromatic rings. The van der Waals surface area contributed by atoms with Gasteiger partial charge in [-0.25, -0.2) is 4.99 Å². The zero-order chi connectivity index (χ0) is 16.8. The smallest absolute Gasteiger partial charge is 0.193 e. The monoisotopic (exact) mass is 439 g/mol. The number of aryl methyl sites for hydroxylation is 2. The van der Waals surface area contributed by atoms with Crippen molar-refractivity contribution in [3.05, 3.63) is 59.2 Å². The molecule has 0 radical (unpaired) electrons. The molecule has 24 heavy (non-hydrogen) atoms. The molecule has 4 nitrogen and oxygen atoms in total. The van der Waals surface area contributed by atoms with E-state index in [-0.39, 0.29) is 30.1 Å². The van der Waals surface area contributed by atoms with E-state index in [4.69, 9.17) is 10.5 Å². The van der Waals surface area contributed by atoms with Crippen molar-refractivity contribution in [2.45, 2.75) is 40.3 Å². The number of aliphatic imine (C=N–C) groups is 1. The van der Waals surface area contributed by atoms with Gasteiger partial charge < -0.3 is 15.8 Å². The molecule has 2 rings (SSSR count). The number of guanidine groups is 1. The second-order valence-corrected chi connectivity index (χ2v) is 6.01. The van der Waals surface area contributed by atoms with Crippen LogP contribution in [0.4, 0.5) is 5.69 Å². The molecule has 0 aromatic heterocycles. The van der Waals surface area contributed by atoms with Gasteiger partial charge in [-0.05, 0) is 68.7 Å². The molecule has 0 heterocycles. The highest BCUT2D eigenvalue weighted by Gasteiger charge is 2.00. The quantitative estimate of drug-likeness (QED) is 0.406. The second-order valence-electron chi connectivity index (χ2n) is 6.01. The molecular weight excluding hydrogens is 413 g/mol. The highest BCUT2D eigenvalue weighted by atomic mass is 127. The van der Waals surface area contributed by atoms with Gasteiger partial charge in [0.1, 0.15) is 5.75 Å². The average molecular weight is 439 g/mol. The largest absolute Gasteiger partial charge is 0.491 e. The molecule has 0 unspecified atom stereocenters. The van der Waals surface area contributed by atoms with E-state index in [0.717, 1.165) is 17.0 Å². The molecule has 0 fully saturated rings. The van der Waals surface area contributed by atoms with Gasteiger partial charge in [0, 0.05) is 5.69 Å². The lowest BCUT2D eigenvalue weighted by atomic mass is 10.1. The first-order valence-electron chi connectivity index (χ1n) is 7.83. The number of nitrogens with zero attached hydrogens (tertiary/aromatic N) is 1. The van der Waals surface area contributed by atoms with E-state index in [1.165, 1.54) is 11.1 Å². The molecule has 0 aliphatic carbocycles. The summed E-state index contributed by atoms with van der Waals surface area (Å²) in [6.45, 7) is 8.68. The molecule has 130 valence electrons. The van der Waals surface area contributed by atoms with Crippen LogP contribution in [-0.4, -0.2) is 12.1 Å². The number of nitrogens with one attached hydrogen (secondary N) is 1. The summed E-state index contributed by atoms with van der Waals surface area (Å²) in [5.41, 5.74) is 10.4. The van der Waals surface area contributed by atoms with E-state index in [1.54, 1.807) is 0 Å². The van der Waals surface area contributed by atoms with Gasteiger partial charge in [0.2, 0.25) is 0 Å². The maximum Gasteiger partial charge on any atom is 0.193 e. The van der Waals surface area contributed by atoms with Crippen LogP contribution in [0.1, 0.15) is 30.5 Å². The zero-order valence-electron chi connectivity index (χ0n) is 14.7. The molecule has 0 saturated heterocycles. The molecule has 0 saturated carbocycles. The summed E-state index contributed by atoms with van der Waals surface area (Å²) < 4.78 is 5.62. The fourth-order valence-corrected chi connectivity index (χ4v) is 2.36. The Morgan fingerprint density at radius 2 is 1.67 bits per heavy atom. The highest BCUT2D eigenvalue weighted by molar-refractivity contribution is 14.0. The van der Waals surface area contributed by atoms with Crippen LogP contribution in [0.2, 0.25) is 0 Å². The van der Waals surface area contributed by atoms with Gasteiger partial charge in [-0.15, -0.1) is 24.0 Å². The van der Waals surface area contributed by atoms with Crippen molar-refractivity contribution in [2.24, 2.45) is 10.7 Å². The second kappa shape index (κ2) is 9.52. The Labute approximate surface area is 161 Å². The molecule has 0 aliphatic rings. The van der Waals surface area contributed by atoms with Gasteiger partial charge in [-0.2, -0.15) is 0 Å². The van der Waals surface area contributed by atoms with Crippen molar-refractivity contribution in [3.63, 3.8) is 0 Å². The van der Waals surface area contributed by atoms with Gasteiger partial charge in [0.05, 0.1) is 12.6 Å². The zero-order valence-corrected chi connectivity index (χ0v) is 17.0. The summed E-state index contributed by atoms with van der Waals surface area (Å²) in [4.78, 5) is 4.38. The van der Waals surface area contributed by atoms with Crippen LogP contribution in [0.3, 0.4) is 0 Å².